The van der Waals surface area contributed by atoms with E-state index in [1.54, 1.807) is 30.7 Å². The van der Waals surface area contributed by atoms with E-state index in [4.69, 9.17) is 5.73 Å². The van der Waals surface area contributed by atoms with Crippen LogP contribution in [0.5, 0.6) is 0 Å². The molecule has 0 aliphatic rings. The van der Waals surface area contributed by atoms with Gasteiger partial charge in [-0.2, -0.15) is 0 Å². The van der Waals surface area contributed by atoms with Crippen molar-refractivity contribution >= 4 is 23.1 Å². The zero-order valence-electron chi connectivity index (χ0n) is 9.31. The van der Waals surface area contributed by atoms with Crippen LogP contribution in [0, 0.1) is 10.1 Å². The molecule has 0 saturated heterocycles. The average molecular weight is 262 g/mol. The lowest BCUT2D eigenvalue weighted by Crippen LogP contribution is -1.99. The summed E-state index contributed by atoms with van der Waals surface area (Å²) in [4.78, 5) is 18.3. The minimum Gasteiger partial charge on any atom is -0.393 e. The summed E-state index contributed by atoms with van der Waals surface area (Å²) in [6.07, 6.45) is 4.82. The van der Waals surface area contributed by atoms with Crippen LogP contribution in [0.2, 0.25) is 0 Å². The van der Waals surface area contributed by atoms with E-state index in [2.05, 4.69) is 9.97 Å². The fourth-order valence-electron chi connectivity index (χ4n) is 1.40. The van der Waals surface area contributed by atoms with Crippen molar-refractivity contribution in [3.05, 3.63) is 52.5 Å². The number of nitrogens with two attached hydrogens (primary N) is 1. The van der Waals surface area contributed by atoms with E-state index in [0.717, 1.165) is 10.6 Å². The second kappa shape index (κ2) is 5.46. The maximum absolute atomic E-state index is 10.7. The molecule has 1 aromatic carbocycles. The van der Waals surface area contributed by atoms with Gasteiger partial charge in [0.05, 0.1) is 11.1 Å². The Morgan fingerprint density at radius 2 is 2.22 bits per heavy atom. The second-order valence-corrected chi connectivity index (χ2v) is 4.43. The van der Waals surface area contributed by atoms with Gasteiger partial charge in [0, 0.05) is 24.2 Å². The molecule has 0 saturated carbocycles. The summed E-state index contributed by atoms with van der Waals surface area (Å²) in [5.74, 6) is 0.520. The highest BCUT2D eigenvalue weighted by atomic mass is 32.2. The largest absolute Gasteiger partial charge is 0.393 e. The molecule has 0 fully saturated rings. The third kappa shape index (κ3) is 2.75. The monoisotopic (exact) mass is 262 g/mol. The Hall–Kier alpha value is -2.15. The van der Waals surface area contributed by atoms with Crippen LogP contribution in [0.15, 0.2) is 41.8 Å². The fourth-order valence-corrected chi connectivity index (χ4v) is 2.22. The van der Waals surface area contributed by atoms with Crippen molar-refractivity contribution in [1.29, 1.82) is 0 Å². The lowest BCUT2D eigenvalue weighted by atomic mass is 10.2. The van der Waals surface area contributed by atoms with Gasteiger partial charge in [0.1, 0.15) is 10.7 Å². The van der Waals surface area contributed by atoms with E-state index in [9.17, 15) is 10.1 Å². The smallest absolute Gasteiger partial charge is 0.292 e. The number of anilines is 1. The first kappa shape index (κ1) is 12.3. The first-order chi connectivity index (χ1) is 8.68. The summed E-state index contributed by atoms with van der Waals surface area (Å²) in [6.45, 7) is 0. The summed E-state index contributed by atoms with van der Waals surface area (Å²) in [6, 6.07) is 4.79. The summed E-state index contributed by atoms with van der Waals surface area (Å²) >= 11 is 1.43. The molecule has 7 heteroatoms. The van der Waals surface area contributed by atoms with Crippen LogP contribution in [-0.4, -0.2) is 14.9 Å². The van der Waals surface area contributed by atoms with E-state index in [0.29, 0.717) is 5.75 Å². The Morgan fingerprint density at radius 1 is 1.39 bits per heavy atom. The number of hydrogen-bond donors (Lipinski definition) is 1. The van der Waals surface area contributed by atoms with E-state index in [1.165, 1.54) is 17.8 Å². The number of rotatable bonds is 4. The Balaban J connectivity index is 2.15. The van der Waals surface area contributed by atoms with Gasteiger partial charge in [-0.1, -0.05) is 12.1 Å². The van der Waals surface area contributed by atoms with Crippen molar-refractivity contribution in [2.75, 3.05) is 5.73 Å². The van der Waals surface area contributed by atoms with Crippen molar-refractivity contribution in [3.8, 4) is 0 Å². The van der Waals surface area contributed by atoms with Crippen molar-refractivity contribution in [3.63, 3.8) is 0 Å². The second-order valence-electron chi connectivity index (χ2n) is 3.44. The number of nitro groups is 1. The molecule has 0 amide bonds. The summed E-state index contributed by atoms with van der Waals surface area (Å²) < 4.78 is 0. The van der Waals surface area contributed by atoms with Crippen LogP contribution in [0.25, 0.3) is 0 Å². The van der Waals surface area contributed by atoms with Crippen molar-refractivity contribution in [1.82, 2.24) is 9.97 Å². The maximum Gasteiger partial charge on any atom is 0.292 e. The molecule has 92 valence electrons. The summed E-state index contributed by atoms with van der Waals surface area (Å²) in [7, 11) is 0. The Bertz CT molecular complexity index is 562. The van der Waals surface area contributed by atoms with Crippen LogP contribution >= 0.6 is 11.8 Å². The Labute approximate surface area is 107 Å². The predicted molar refractivity (Wildman–Crippen MR) is 69.1 cm³/mol. The lowest BCUT2D eigenvalue weighted by Gasteiger charge is -2.05. The summed E-state index contributed by atoms with van der Waals surface area (Å²) in [5.41, 5.74) is 6.62. The van der Waals surface area contributed by atoms with Gasteiger partial charge in [-0.15, -0.1) is 11.8 Å². The highest BCUT2D eigenvalue weighted by Crippen LogP contribution is 2.29. The molecular weight excluding hydrogens is 252 g/mol. The van der Waals surface area contributed by atoms with Gasteiger partial charge in [-0.3, -0.25) is 15.1 Å². The van der Waals surface area contributed by atoms with Gasteiger partial charge < -0.3 is 5.73 Å². The van der Waals surface area contributed by atoms with E-state index >= 15 is 0 Å². The molecule has 1 aromatic heterocycles. The number of nitro benzene ring substituents is 1. The minimum atomic E-state index is -0.480. The normalized spacial score (nSPS) is 10.2. The number of nitrogen functional groups attached to an aromatic ring is 1. The highest BCUT2D eigenvalue weighted by Gasteiger charge is 2.14. The van der Waals surface area contributed by atoms with Gasteiger partial charge in [0.15, 0.2) is 0 Å². The first-order valence-electron chi connectivity index (χ1n) is 5.09. The molecule has 0 bridgehead atoms. The topological polar surface area (TPSA) is 94.9 Å². The molecule has 2 aromatic rings. The molecule has 0 unspecified atom stereocenters. The molecule has 0 aliphatic carbocycles. The molecule has 0 aliphatic heterocycles. The fraction of sp³-hybridized carbons (Fsp3) is 0.0909. The molecular formula is C11H10N4O2S. The first-order valence-corrected chi connectivity index (χ1v) is 6.07. The molecule has 6 nitrogen and oxygen atoms in total. The minimum absolute atomic E-state index is 0.0627. The predicted octanol–water partition coefficient (Wildman–Crippen LogP) is 2.26. The highest BCUT2D eigenvalue weighted by molar-refractivity contribution is 7.98. The SMILES string of the molecule is Nc1c(CSc2cnccn2)cccc1[N+](=O)[O-]. The van der Waals surface area contributed by atoms with Crippen molar-refractivity contribution in [2.24, 2.45) is 0 Å². The van der Waals surface area contributed by atoms with E-state index < -0.39 is 4.92 Å². The Kier molecular flexibility index (Phi) is 3.73. The number of para-hydroxylation sites is 1. The van der Waals surface area contributed by atoms with Crippen LogP contribution in [0.3, 0.4) is 0 Å². The molecule has 0 atom stereocenters. The zero-order valence-corrected chi connectivity index (χ0v) is 10.1. The van der Waals surface area contributed by atoms with Crippen LogP contribution < -0.4 is 5.73 Å². The van der Waals surface area contributed by atoms with Crippen molar-refractivity contribution < 1.29 is 4.92 Å². The van der Waals surface area contributed by atoms with Gasteiger partial charge >= 0.3 is 0 Å². The van der Waals surface area contributed by atoms with Crippen molar-refractivity contribution in [2.45, 2.75) is 10.8 Å². The standard InChI is InChI=1S/C11H10N4O2S/c12-11-8(2-1-3-9(11)15(16)17)7-18-10-6-13-4-5-14-10/h1-6H,7,12H2. The average Bonchev–Trinajstić information content (AvgIpc) is 2.38. The van der Waals surface area contributed by atoms with Gasteiger partial charge in [0.25, 0.3) is 5.69 Å². The van der Waals surface area contributed by atoms with E-state index in [-0.39, 0.29) is 11.4 Å². The zero-order chi connectivity index (χ0) is 13.0. The maximum atomic E-state index is 10.7. The number of nitrogens with zero attached hydrogens (tertiary/aromatic N) is 3. The molecule has 2 N–H and O–H groups in total. The van der Waals surface area contributed by atoms with Gasteiger partial charge in [-0.05, 0) is 5.56 Å². The third-order valence-electron chi connectivity index (χ3n) is 2.29. The third-order valence-corrected chi connectivity index (χ3v) is 3.25. The molecule has 18 heavy (non-hydrogen) atoms. The molecule has 1 heterocycles. The van der Waals surface area contributed by atoms with E-state index in [1.807, 2.05) is 0 Å². The molecule has 0 radical (unpaired) electrons. The van der Waals surface area contributed by atoms with Crippen LogP contribution in [0.1, 0.15) is 5.56 Å². The summed E-state index contributed by atoms with van der Waals surface area (Å²) in [5, 5.41) is 11.5. The molecule has 0 spiro atoms. The van der Waals surface area contributed by atoms with Gasteiger partial charge in [0.2, 0.25) is 0 Å². The number of hydrogen-bond acceptors (Lipinski definition) is 6. The quantitative estimate of drug-likeness (QED) is 0.393. The van der Waals surface area contributed by atoms with Crippen LogP contribution in [0.4, 0.5) is 11.4 Å². The number of aromatic nitrogens is 2. The number of benzene rings is 1. The van der Waals surface area contributed by atoms with Crippen LogP contribution in [-0.2, 0) is 5.75 Å². The Morgan fingerprint density at radius 3 is 2.89 bits per heavy atom. The lowest BCUT2D eigenvalue weighted by molar-refractivity contribution is -0.383. The molecule has 2 rings (SSSR count). The van der Waals surface area contributed by atoms with Gasteiger partial charge in [-0.25, -0.2) is 4.98 Å². The number of thioether (sulfide) groups is 1.